The summed E-state index contributed by atoms with van der Waals surface area (Å²) >= 11 is 0. The summed E-state index contributed by atoms with van der Waals surface area (Å²) in [5.74, 6) is 1.40. The second-order valence-corrected chi connectivity index (χ2v) is 13.4. The molecule has 0 fully saturated rings. The van der Waals surface area contributed by atoms with Crippen molar-refractivity contribution in [2.75, 3.05) is 13.1 Å². The Bertz CT molecular complexity index is 1590. The molecule has 4 aromatic rings. The minimum Gasteiger partial charge on any atom is -0.444 e. The second-order valence-electron chi connectivity index (χ2n) is 13.4. The summed E-state index contributed by atoms with van der Waals surface area (Å²) in [6, 6.07) is 16.6. The van der Waals surface area contributed by atoms with Gasteiger partial charge in [0.15, 0.2) is 0 Å². The van der Waals surface area contributed by atoms with Crippen molar-refractivity contribution in [1.82, 2.24) is 29.7 Å². The van der Waals surface area contributed by atoms with Gasteiger partial charge < -0.3 is 29.2 Å². The van der Waals surface area contributed by atoms with Gasteiger partial charge in [-0.25, -0.2) is 19.6 Å². The van der Waals surface area contributed by atoms with Crippen molar-refractivity contribution in [3.8, 4) is 33.6 Å². The molecule has 0 aliphatic rings. The lowest BCUT2D eigenvalue weighted by molar-refractivity contribution is 0.0219. The van der Waals surface area contributed by atoms with Crippen LogP contribution in [0.2, 0.25) is 0 Å². The molecule has 2 N–H and O–H groups in total. The molecule has 0 aliphatic heterocycles. The van der Waals surface area contributed by atoms with Crippen molar-refractivity contribution in [3.05, 3.63) is 72.6 Å². The van der Waals surface area contributed by atoms with Crippen LogP contribution >= 0.6 is 0 Å². The number of imidazole rings is 2. The molecule has 4 rings (SSSR count). The number of carbonyl (C=O) groups excluding carboxylic acids is 2. The largest absolute Gasteiger partial charge is 0.444 e. The number of aromatic amines is 2. The van der Waals surface area contributed by atoms with Crippen molar-refractivity contribution in [1.29, 1.82) is 0 Å². The number of H-pyrrole nitrogens is 2. The van der Waals surface area contributed by atoms with E-state index >= 15 is 0 Å². The van der Waals surface area contributed by atoms with Gasteiger partial charge in [-0.3, -0.25) is 0 Å². The summed E-state index contributed by atoms with van der Waals surface area (Å²) in [5.41, 5.74) is 4.78. The van der Waals surface area contributed by atoms with E-state index in [4.69, 9.17) is 9.47 Å². The van der Waals surface area contributed by atoms with Crippen molar-refractivity contribution in [2.24, 2.45) is 0 Å². The highest BCUT2D eigenvalue weighted by Gasteiger charge is 2.24. The summed E-state index contributed by atoms with van der Waals surface area (Å²) in [4.78, 5) is 44.6. The Morgan fingerprint density at radius 2 is 1.09 bits per heavy atom. The smallest absolute Gasteiger partial charge is 0.410 e. The third-order valence-corrected chi connectivity index (χ3v) is 6.93. The first-order valence-electron chi connectivity index (χ1n) is 16.0. The van der Waals surface area contributed by atoms with Crippen molar-refractivity contribution in [2.45, 2.75) is 92.5 Å². The van der Waals surface area contributed by atoms with Crippen molar-refractivity contribution >= 4 is 12.2 Å². The summed E-state index contributed by atoms with van der Waals surface area (Å²) in [7, 11) is 0. The lowest BCUT2D eigenvalue weighted by Gasteiger charge is -2.26. The number of amides is 2. The van der Waals surface area contributed by atoms with Gasteiger partial charge in [0, 0.05) is 18.7 Å². The predicted molar refractivity (Wildman–Crippen MR) is 181 cm³/mol. The zero-order chi connectivity index (χ0) is 33.5. The van der Waals surface area contributed by atoms with Crippen LogP contribution in [0.1, 0.15) is 79.9 Å². The number of aromatic nitrogens is 4. The van der Waals surface area contributed by atoms with E-state index in [0.29, 0.717) is 37.8 Å². The molecule has 10 heteroatoms. The van der Waals surface area contributed by atoms with Crippen LogP contribution in [0.4, 0.5) is 9.59 Å². The molecule has 2 amide bonds. The third-order valence-electron chi connectivity index (χ3n) is 6.93. The number of rotatable bonds is 11. The summed E-state index contributed by atoms with van der Waals surface area (Å²) in [5, 5.41) is 0. The molecule has 0 saturated heterocycles. The van der Waals surface area contributed by atoms with Crippen LogP contribution in [0.5, 0.6) is 0 Å². The van der Waals surface area contributed by atoms with Crippen LogP contribution in [-0.4, -0.2) is 66.2 Å². The van der Waals surface area contributed by atoms with Gasteiger partial charge in [-0.15, -0.1) is 0 Å². The Morgan fingerprint density at radius 1 is 0.652 bits per heavy atom. The number of hydrogen-bond acceptors (Lipinski definition) is 6. The van der Waals surface area contributed by atoms with E-state index in [1.54, 1.807) is 22.2 Å². The topological polar surface area (TPSA) is 116 Å². The number of carbonyl (C=O) groups is 2. The molecule has 0 bridgehead atoms. The highest BCUT2D eigenvalue weighted by molar-refractivity contribution is 5.73. The normalized spacial score (nSPS) is 11.7. The first-order chi connectivity index (χ1) is 21.7. The van der Waals surface area contributed by atoms with E-state index in [1.807, 2.05) is 67.5 Å². The maximum atomic E-state index is 12.7. The molecule has 2 aromatic heterocycles. The number of hydrogen-bond donors (Lipinski definition) is 2. The standard InChI is InChI=1S/C36H48N6O4/c1-9-18-41(33(43)45-35(3,4)5)23-31-37-21-29(39-31)26-16-14-25(15-17-26)27-12-11-13-28(20-27)30-22-38-32(40-30)24-42(19-10-2)34(44)46-36(6,7)8/h11-17,20-22H,9-10,18-19,23-24H2,1-8H3,(H,37,39)(H,38,40). The fourth-order valence-electron chi connectivity index (χ4n) is 4.91. The molecule has 0 aliphatic carbocycles. The van der Waals surface area contributed by atoms with Crippen LogP contribution in [0, 0.1) is 0 Å². The molecule has 0 unspecified atom stereocenters. The quantitative estimate of drug-likeness (QED) is 0.172. The lowest BCUT2D eigenvalue weighted by atomic mass is 10.0. The molecule has 10 nitrogen and oxygen atoms in total. The SMILES string of the molecule is CCCN(Cc1ncc(-c2ccc(-c3cccc(-c4cnc(CN(CCC)C(=O)OC(C)(C)C)[nH]4)c3)cc2)[nH]1)C(=O)OC(C)(C)C. The van der Waals surface area contributed by atoms with Gasteiger partial charge in [0.05, 0.1) is 36.9 Å². The van der Waals surface area contributed by atoms with Gasteiger partial charge >= 0.3 is 12.2 Å². The Hall–Kier alpha value is -4.60. The predicted octanol–water partition coefficient (Wildman–Crippen LogP) is 8.43. The second kappa shape index (κ2) is 14.7. The number of ether oxygens (including phenoxy) is 2. The minimum absolute atomic E-state index is 0.343. The Balaban J connectivity index is 1.44. The average molecular weight is 629 g/mol. The molecular formula is C36H48N6O4. The Morgan fingerprint density at radius 3 is 1.54 bits per heavy atom. The minimum atomic E-state index is -0.559. The monoisotopic (exact) mass is 628 g/mol. The van der Waals surface area contributed by atoms with Gasteiger partial charge in [-0.1, -0.05) is 56.3 Å². The van der Waals surface area contributed by atoms with E-state index in [2.05, 4.69) is 56.3 Å². The van der Waals surface area contributed by atoms with Crippen molar-refractivity contribution < 1.29 is 19.1 Å². The van der Waals surface area contributed by atoms with Crippen LogP contribution < -0.4 is 0 Å². The van der Waals surface area contributed by atoms with Crippen LogP contribution in [0.25, 0.3) is 33.6 Å². The zero-order valence-corrected chi connectivity index (χ0v) is 28.4. The van der Waals surface area contributed by atoms with E-state index in [1.165, 1.54) is 0 Å². The average Bonchev–Trinajstić information content (AvgIpc) is 3.65. The molecule has 246 valence electrons. The zero-order valence-electron chi connectivity index (χ0n) is 28.4. The van der Waals surface area contributed by atoms with Gasteiger partial charge in [0.2, 0.25) is 0 Å². The number of nitrogens with zero attached hydrogens (tertiary/aromatic N) is 4. The van der Waals surface area contributed by atoms with E-state index in [9.17, 15) is 9.59 Å². The van der Waals surface area contributed by atoms with Gasteiger partial charge in [0.25, 0.3) is 0 Å². The first-order valence-corrected chi connectivity index (χ1v) is 16.0. The summed E-state index contributed by atoms with van der Waals surface area (Å²) in [6.07, 6.45) is 4.55. The Kier molecular flexibility index (Phi) is 10.9. The van der Waals surface area contributed by atoms with E-state index in [0.717, 1.165) is 46.5 Å². The van der Waals surface area contributed by atoms with Crippen LogP contribution in [-0.2, 0) is 22.6 Å². The third kappa shape index (κ3) is 9.70. The number of nitrogens with one attached hydrogen (secondary N) is 2. The van der Waals surface area contributed by atoms with Gasteiger partial charge in [-0.2, -0.15) is 0 Å². The molecule has 46 heavy (non-hydrogen) atoms. The van der Waals surface area contributed by atoms with Gasteiger partial charge in [-0.05, 0) is 77.1 Å². The molecule has 0 spiro atoms. The number of benzene rings is 2. The van der Waals surface area contributed by atoms with E-state index < -0.39 is 11.2 Å². The van der Waals surface area contributed by atoms with Crippen LogP contribution in [0.3, 0.4) is 0 Å². The first kappa shape index (κ1) is 34.3. The highest BCUT2D eigenvalue weighted by atomic mass is 16.6. The molecular weight excluding hydrogens is 580 g/mol. The Labute approximate surface area is 272 Å². The molecule has 0 saturated carbocycles. The van der Waals surface area contributed by atoms with Gasteiger partial charge in [0.1, 0.15) is 22.9 Å². The molecule has 0 atom stereocenters. The van der Waals surface area contributed by atoms with Crippen LogP contribution in [0.15, 0.2) is 60.9 Å². The maximum absolute atomic E-state index is 12.7. The molecule has 2 heterocycles. The fraction of sp³-hybridized carbons (Fsp3) is 0.444. The summed E-state index contributed by atoms with van der Waals surface area (Å²) in [6.45, 7) is 17.1. The molecule has 0 radical (unpaired) electrons. The van der Waals surface area contributed by atoms with E-state index in [-0.39, 0.29) is 12.2 Å². The molecule has 2 aromatic carbocycles. The van der Waals surface area contributed by atoms with Crippen molar-refractivity contribution in [3.63, 3.8) is 0 Å². The fourth-order valence-corrected chi connectivity index (χ4v) is 4.91. The highest BCUT2D eigenvalue weighted by Crippen LogP contribution is 2.28. The summed E-state index contributed by atoms with van der Waals surface area (Å²) < 4.78 is 11.2. The lowest BCUT2D eigenvalue weighted by Crippen LogP contribution is -2.37. The maximum Gasteiger partial charge on any atom is 0.410 e.